The molecule has 1 N–H and O–H groups in total. The lowest BCUT2D eigenvalue weighted by Gasteiger charge is -2.52. The molecule has 2 aliphatic rings. The highest BCUT2D eigenvalue weighted by molar-refractivity contribution is 5.96. The highest BCUT2D eigenvalue weighted by atomic mass is 19.1. The number of amides is 1. The summed E-state index contributed by atoms with van der Waals surface area (Å²) in [5.74, 6) is -1.21. The van der Waals surface area contributed by atoms with Crippen molar-refractivity contribution in [3.8, 4) is 6.07 Å². The monoisotopic (exact) mass is 376 g/mol. The molecule has 2 aromatic rings. The van der Waals surface area contributed by atoms with Crippen molar-refractivity contribution in [2.75, 3.05) is 6.61 Å². The van der Waals surface area contributed by atoms with Gasteiger partial charge in [-0.25, -0.2) is 4.39 Å². The van der Waals surface area contributed by atoms with E-state index in [4.69, 9.17) is 0 Å². The van der Waals surface area contributed by atoms with Gasteiger partial charge in [-0.3, -0.25) is 4.79 Å². The van der Waals surface area contributed by atoms with E-state index in [9.17, 15) is 19.6 Å². The smallest absolute Gasteiger partial charge is 0.255 e. The number of hydrogen-bond acceptors (Lipinski definition) is 3. The van der Waals surface area contributed by atoms with Crippen molar-refractivity contribution >= 4 is 11.5 Å². The Kier molecular flexibility index (Phi) is 4.97. The first-order chi connectivity index (χ1) is 13.7. The predicted octanol–water partition coefficient (Wildman–Crippen LogP) is 3.89. The lowest BCUT2D eigenvalue weighted by atomic mass is 9.73. The van der Waals surface area contributed by atoms with Crippen molar-refractivity contribution in [2.45, 2.75) is 37.3 Å². The van der Waals surface area contributed by atoms with E-state index in [0.29, 0.717) is 0 Å². The molecule has 28 heavy (non-hydrogen) atoms. The van der Waals surface area contributed by atoms with Gasteiger partial charge in [0, 0.05) is 11.5 Å². The van der Waals surface area contributed by atoms with Crippen LogP contribution in [-0.4, -0.2) is 34.6 Å². The van der Waals surface area contributed by atoms with Gasteiger partial charge in [0.05, 0.1) is 18.7 Å². The Bertz CT molecular complexity index is 979. The van der Waals surface area contributed by atoms with Crippen LogP contribution in [0.4, 0.5) is 4.39 Å². The van der Waals surface area contributed by atoms with Gasteiger partial charge in [-0.05, 0) is 54.2 Å². The normalized spacial score (nSPS) is 23.7. The van der Waals surface area contributed by atoms with Crippen LogP contribution in [0.5, 0.6) is 0 Å². The number of aliphatic hydroxyl groups is 1. The highest BCUT2D eigenvalue weighted by Gasteiger charge is 2.52. The molecule has 2 aromatic carbocycles. The summed E-state index contributed by atoms with van der Waals surface area (Å²) >= 11 is 0. The number of carbonyl (C=O) groups is 1. The number of allylic oxidation sites excluding steroid dienone is 2. The van der Waals surface area contributed by atoms with Gasteiger partial charge in [0.1, 0.15) is 11.9 Å². The van der Waals surface area contributed by atoms with Gasteiger partial charge in [0.25, 0.3) is 5.91 Å². The zero-order valence-electron chi connectivity index (χ0n) is 15.4. The van der Waals surface area contributed by atoms with Crippen LogP contribution in [0, 0.1) is 17.1 Å². The van der Waals surface area contributed by atoms with E-state index in [0.717, 1.165) is 36.5 Å². The minimum Gasteiger partial charge on any atom is -0.394 e. The van der Waals surface area contributed by atoms with E-state index in [1.807, 2.05) is 24.3 Å². The van der Waals surface area contributed by atoms with Gasteiger partial charge < -0.3 is 10.0 Å². The van der Waals surface area contributed by atoms with Gasteiger partial charge >= 0.3 is 0 Å². The minimum absolute atomic E-state index is 0.184. The molecule has 5 heteroatoms. The van der Waals surface area contributed by atoms with Crippen LogP contribution in [0.3, 0.4) is 0 Å². The van der Waals surface area contributed by atoms with E-state index in [1.165, 1.54) is 28.7 Å². The zero-order valence-corrected chi connectivity index (χ0v) is 15.4. The first kappa shape index (κ1) is 18.4. The van der Waals surface area contributed by atoms with Crippen LogP contribution < -0.4 is 0 Å². The Morgan fingerprint density at radius 1 is 1.25 bits per heavy atom. The molecule has 1 aliphatic carbocycles. The van der Waals surface area contributed by atoms with Crippen molar-refractivity contribution in [1.82, 2.24) is 4.90 Å². The molecule has 0 unspecified atom stereocenters. The second kappa shape index (κ2) is 7.57. The summed E-state index contributed by atoms with van der Waals surface area (Å²) < 4.78 is 13.5. The van der Waals surface area contributed by atoms with Crippen LogP contribution >= 0.6 is 0 Å². The van der Waals surface area contributed by atoms with E-state index >= 15 is 0 Å². The number of carbonyl (C=O) groups excluding carboxylic acids is 1. The Morgan fingerprint density at radius 2 is 2.07 bits per heavy atom. The fourth-order valence-corrected chi connectivity index (χ4v) is 4.43. The fraction of sp³-hybridized carbons (Fsp3) is 0.304. The molecule has 0 spiro atoms. The van der Waals surface area contributed by atoms with Crippen LogP contribution in [-0.2, 0) is 0 Å². The number of halogens is 1. The van der Waals surface area contributed by atoms with Crippen molar-refractivity contribution in [2.24, 2.45) is 0 Å². The molecule has 0 saturated carbocycles. The van der Waals surface area contributed by atoms with E-state index < -0.39 is 23.8 Å². The van der Waals surface area contributed by atoms with Gasteiger partial charge in [0.15, 0.2) is 0 Å². The third-order valence-corrected chi connectivity index (χ3v) is 5.74. The van der Waals surface area contributed by atoms with Crippen LogP contribution in [0.1, 0.15) is 46.7 Å². The SMILES string of the molecule is N#C[C@H]1[C@@H](c2ccccc2C2=CCCC2)[C@H](CO)N1C(=O)c1cccc(F)c1. The van der Waals surface area contributed by atoms with Crippen LogP contribution in [0.2, 0.25) is 0 Å². The number of benzene rings is 2. The highest BCUT2D eigenvalue weighted by Crippen LogP contribution is 2.44. The summed E-state index contributed by atoms with van der Waals surface area (Å²) in [6.45, 7) is -0.253. The number of hydrogen-bond donors (Lipinski definition) is 1. The molecular weight excluding hydrogens is 355 g/mol. The number of rotatable bonds is 4. The van der Waals surface area contributed by atoms with E-state index in [2.05, 4.69) is 12.1 Å². The molecule has 1 heterocycles. The third kappa shape index (κ3) is 3.00. The largest absolute Gasteiger partial charge is 0.394 e. The topological polar surface area (TPSA) is 64.3 Å². The lowest BCUT2D eigenvalue weighted by molar-refractivity contribution is -0.00595. The van der Waals surface area contributed by atoms with Gasteiger partial charge in [-0.1, -0.05) is 36.4 Å². The maximum atomic E-state index is 13.5. The molecule has 1 fully saturated rings. The summed E-state index contributed by atoms with van der Waals surface area (Å²) in [4.78, 5) is 14.3. The molecule has 0 aromatic heterocycles. The molecular formula is C23H21FN2O2. The van der Waals surface area contributed by atoms with Crippen molar-refractivity contribution in [3.05, 3.63) is 77.1 Å². The molecule has 1 amide bonds. The maximum Gasteiger partial charge on any atom is 0.255 e. The summed E-state index contributed by atoms with van der Waals surface area (Å²) in [5, 5.41) is 19.8. The Morgan fingerprint density at radius 3 is 2.75 bits per heavy atom. The van der Waals surface area contributed by atoms with E-state index in [1.54, 1.807) is 0 Å². The maximum absolute atomic E-state index is 13.5. The van der Waals surface area contributed by atoms with Crippen molar-refractivity contribution < 1.29 is 14.3 Å². The summed E-state index contributed by atoms with van der Waals surface area (Å²) in [6, 6.07) is 14.4. The molecule has 4 nitrogen and oxygen atoms in total. The summed E-state index contributed by atoms with van der Waals surface area (Å²) in [7, 11) is 0. The zero-order chi connectivity index (χ0) is 19.7. The molecule has 1 saturated heterocycles. The first-order valence-corrected chi connectivity index (χ1v) is 9.52. The summed E-state index contributed by atoms with van der Waals surface area (Å²) in [5.41, 5.74) is 3.54. The number of aliphatic hydroxyl groups excluding tert-OH is 1. The Balaban J connectivity index is 1.69. The minimum atomic E-state index is -0.698. The predicted molar refractivity (Wildman–Crippen MR) is 104 cm³/mol. The molecule has 0 bridgehead atoms. The van der Waals surface area contributed by atoms with Crippen LogP contribution in [0.25, 0.3) is 5.57 Å². The van der Waals surface area contributed by atoms with Crippen molar-refractivity contribution in [3.63, 3.8) is 0 Å². The number of likely N-dealkylation sites (tertiary alicyclic amines) is 1. The molecule has 142 valence electrons. The lowest BCUT2D eigenvalue weighted by Crippen LogP contribution is -2.65. The second-order valence-corrected chi connectivity index (χ2v) is 7.28. The summed E-state index contributed by atoms with van der Waals surface area (Å²) in [6.07, 6.45) is 5.38. The Hall–Kier alpha value is -2.97. The van der Waals surface area contributed by atoms with Gasteiger partial charge in [0.2, 0.25) is 0 Å². The molecule has 1 aliphatic heterocycles. The number of nitriles is 1. The molecule has 4 rings (SSSR count). The third-order valence-electron chi connectivity index (χ3n) is 5.74. The van der Waals surface area contributed by atoms with Crippen LogP contribution in [0.15, 0.2) is 54.6 Å². The van der Waals surface area contributed by atoms with Gasteiger partial charge in [-0.15, -0.1) is 0 Å². The fourth-order valence-electron chi connectivity index (χ4n) is 4.43. The average molecular weight is 376 g/mol. The van der Waals surface area contributed by atoms with Crippen molar-refractivity contribution in [1.29, 1.82) is 5.26 Å². The van der Waals surface area contributed by atoms with E-state index in [-0.39, 0.29) is 18.1 Å². The standard InChI is InChI=1S/C23H21FN2O2/c24-17-9-5-8-16(12-17)23(28)26-20(13-25)22(21(26)14-27)19-11-4-3-10-18(19)15-6-1-2-7-15/h3-6,8-12,20-22,27H,1-2,7,14H2/t20-,21-,22+/m0/s1. The quantitative estimate of drug-likeness (QED) is 0.881. The molecule has 3 atom stereocenters. The average Bonchev–Trinajstić information content (AvgIpc) is 3.23. The number of nitrogens with zero attached hydrogens (tertiary/aromatic N) is 2. The van der Waals surface area contributed by atoms with Gasteiger partial charge in [-0.2, -0.15) is 5.26 Å². The Labute approximate surface area is 163 Å². The molecule has 0 radical (unpaired) electrons. The first-order valence-electron chi connectivity index (χ1n) is 9.52. The second-order valence-electron chi connectivity index (χ2n) is 7.28.